The zero-order chi connectivity index (χ0) is 26.8. The van der Waals surface area contributed by atoms with E-state index in [1.165, 1.54) is 12.1 Å². The minimum Gasteiger partial charge on any atom is -0.341 e. The number of rotatable bonds is 7. The van der Waals surface area contributed by atoms with Crippen LogP contribution in [0, 0.1) is 11.7 Å². The lowest BCUT2D eigenvalue weighted by Gasteiger charge is -2.32. The number of piperidine rings is 1. The molecule has 0 saturated carbocycles. The molecule has 0 spiro atoms. The molecule has 0 bridgehead atoms. The number of imide groups is 1. The van der Waals surface area contributed by atoms with Crippen LogP contribution in [0.5, 0.6) is 0 Å². The van der Waals surface area contributed by atoms with E-state index in [1.54, 1.807) is 29.7 Å². The molecule has 8 nitrogen and oxygen atoms in total. The van der Waals surface area contributed by atoms with Gasteiger partial charge < -0.3 is 10.2 Å². The predicted molar refractivity (Wildman–Crippen MR) is 153 cm³/mol. The number of aromatic nitrogens is 3. The van der Waals surface area contributed by atoms with Crippen molar-refractivity contribution in [2.24, 2.45) is 5.92 Å². The number of carbonyl (C=O) groups excluding carboxylic acids is 2. The highest BCUT2D eigenvalue weighted by atomic mass is 32.2. The maximum atomic E-state index is 14.5. The number of pyridine rings is 1. The number of hydrogen-bond donors (Lipinski definition) is 2. The van der Waals surface area contributed by atoms with Crippen LogP contribution in [0.4, 0.5) is 15.1 Å². The monoisotopic (exact) mass is 560 g/mol. The Bertz CT molecular complexity index is 1580. The van der Waals surface area contributed by atoms with Gasteiger partial charge in [0, 0.05) is 52.9 Å². The number of amides is 2. The number of thiophene rings is 1. The number of nitrogens with zero attached hydrogens (tertiary/aromatic N) is 4. The van der Waals surface area contributed by atoms with Gasteiger partial charge in [-0.15, -0.1) is 11.3 Å². The second kappa shape index (κ2) is 11.2. The standard InChI is InChI=1S/C28H25FN6O2S2/c29-18-11-20(32-23(12-18)22-16-38-24-4-2-1-3-21(22)24)15-30-14-17-6-9-35(10-7-17)27-31-8-5-19(33-27)13-25-26(36)34-28(37)39-25/h1-5,8,11-13,16-17,30H,6-7,9-10,14-15H2,(H,34,36,37). The predicted octanol–water partition coefficient (Wildman–Crippen LogP) is 5.22. The molecule has 5 heterocycles. The number of thioether (sulfide) groups is 1. The summed E-state index contributed by atoms with van der Waals surface area (Å²) < 4.78 is 15.6. The summed E-state index contributed by atoms with van der Waals surface area (Å²) in [5.41, 5.74) is 2.90. The van der Waals surface area contributed by atoms with Crippen LogP contribution < -0.4 is 15.5 Å². The van der Waals surface area contributed by atoms with Crippen molar-refractivity contribution in [3.05, 3.63) is 76.2 Å². The quantitative estimate of drug-likeness (QED) is 0.297. The summed E-state index contributed by atoms with van der Waals surface area (Å²) >= 11 is 2.51. The van der Waals surface area contributed by atoms with Crippen molar-refractivity contribution in [2.75, 3.05) is 24.5 Å². The van der Waals surface area contributed by atoms with E-state index in [2.05, 4.69) is 31.6 Å². The van der Waals surface area contributed by atoms with Gasteiger partial charge in [0.2, 0.25) is 5.95 Å². The smallest absolute Gasteiger partial charge is 0.290 e. The van der Waals surface area contributed by atoms with E-state index in [9.17, 15) is 14.0 Å². The van der Waals surface area contributed by atoms with Crippen molar-refractivity contribution >= 4 is 56.4 Å². The van der Waals surface area contributed by atoms with E-state index in [0.717, 1.165) is 59.9 Å². The SMILES string of the molecule is O=C1NC(=O)C(=Cc2ccnc(N3CCC(CNCc4cc(F)cc(-c5csc6ccccc56)n4)CC3)n2)S1. The lowest BCUT2D eigenvalue weighted by atomic mass is 9.97. The highest BCUT2D eigenvalue weighted by Gasteiger charge is 2.26. The summed E-state index contributed by atoms with van der Waals surface area (Å²) in [7, 11) is 0. The molecule has 2 N–H and O–H groups in total. The fraction of sp³-hybridized carbons (Fsp3) is 0.250. The van der Waals surface area contributed by atoms with Crippen molar-refractivity contribution in [1.29, 1.82) is 0 Å². The fourth-order valence-corrected chi connectivity index (χ4v) is 6.47. The number of carbonyl (C=O) groups is 2. The lowest BCUT2D eigenvalue weighted by Crippen LogP contribution is -2.38. The Balaban J connectivity index is 1.03. The molecule has 0 unspecified atom stereocenters. The highest BCUT2D eigenvalue weighted by Crippen LogP contribution is 2.33. The number of fused-ring (bicyclic) bond motifs is 1. The van der Waals surface area contributed by atoms with Gasteiger partial charge in [-0.05, 0) is 61.3 Å². The summed E-state index contributed by atoms with van der Waals surface area (Å²) in [6, 6.07) is 12.8. The van der Waals surface area contributed by atoms with Gasteiger partial charge in [-0.2, -0.15) is 0 Å². The van der Waals surface area contributed by atoms with Crippen molar-refractivity contribution in [1.82, 2.24) is 25.6 Å². The Morgan fingerprint density at radius 3 is 2.79 bits per heavy atom. The third-order valence-corrected chi connectivity index (χ3v) is 8.60. The number of anilines is 1. The first-order valence-electron chi connectivity index (χ1n) is 12.7. The maximum Gasteiger partial charge on any atom is 0.290 e. The summed E-state index contributed by atoms with van der Waals surface area (Å²) in [5, 5.41) is 8.48. The molecule has 2 aliphatic heterocycles. The van der Waals surface area contributed by atoms with Gasteiger partial charge in [0.15, 0.2) is 0 Å². The Kier molecular flexibility index (Phi) is 7.36. The normalized spacial score (nSPS) is 17.4. The molecule has 2 aliphatic rings. The number of hydrogen-bond acceptors (Lipinski definition) is 9. The van der Waals surface area contributed by atoms with Crippen molar-refractivity contribution in [3.8, 4) is 11.3 Å². The van der Waals surface area contributed by atoms with Crippen LogP contribution in [0.1, 0.15) is 24.2 Å². The van der Waals surface area contributed by atoms with E-state index in [0.29, 0.717) is 40.4 Å². The van der Waals surface area contributed by atoms with Crippen LogP contribution in [0.15, 0.2) is 58.9 Å². The van der Waals surface area contributed by atoms with Crippen LogP contribution in [-0.4, -0.2) is 45.7 Å². The Labute approximate surface area is 232 Å². The molecule has 4 aromatic rings. The van der Waals surface area contributed by atoms with Gasteiger partial charge in [-0.1, -0.05) is 18.2 Å². The van der Waals surface area contributed by atoms with Crippen molar-refractivity contribution in [2.45, 2.75) is 19.4 Å². The molecule has 3 aromatic heterocycles. The summed E-state index contributed by atoms with van der Waals surface area (Å²) in [4.78, 5) is 39.4. The van der Waals surface area contributed by atoms with Gasteiger partial charge >= 0.3 is 0 Å². The molecule has 2 saturated heterocycles. The molecular formula is C28H25FN6O2S2. The van der Waals surface area contributed by atoms with E-state index in [1.807, 2.05) is 23.6 Å². The molecular weight excluding hydrogens is 535 g/mol. The third-order valence-electron chi connectivity index (χ3n) is 6.82. The van der Waals surface area contributed by atoms with Crippen molar-refractivity contribution in [3.63, 3.8) is 0 Å². The molecule has 198 valence electrons. The molecule has 1 aromatic carbocycles. The summed E-state index contributed by atoms with van der Waals surface area (Å²) in [6.45, 7) is 2.94. The third kappa shape index (κ3) is 5.85. The zero-order valence-corrected chi connectivity index (χ0v) is 22.5. The topological polar surface area (TPSA) is 100 Å². The highest BCUT2D eigenvalue weighted by molar-refractivity contribution is 8.18. The number of nitrogens with one attached hydrogen (secondary N) is 2. The minimum absolute atomic E-state index is 0.281. The number of benzene rings is 1. The minimum atomic E-state index is -0.400. The van der Waals surface area contributed by atoms with Crippen LogP contribution in [0.3, 0.4) is 0 Å². The van der Waals surface area contributed by atoms with Gasteiger partial charge in [0.25, 0.3) is 11.1 Å². The average Bonchev–Trinajstić information content (AvgIpc) is 3.51. The average molecular weight is 561 g/mol. The summed E-state index contributed by atoms with van der Waals surface area (Å²) in [5.74, 6) is 0.410. The first-order valence-corrected chi connectivity index (χ1v) is 14.4. The molecule has 2 amide bonds. The first kappa shape index (κ1) is 25.6. The van der Waals surface area contributed by atoms with Crippen LogP contribution in [-0.2, 0) is 11.3 Å². The number of halogens is 1. The first-order chi connectivity index (χ1) is 19.0. The van der Waals surface area contributed by atoms with Crippen LogP contribution in [0.25, 0.3) is 27.4 Å². The molecule has 0 aliphatic carbocycles. The van der Waals surface area contributed by atoms with Gasteiger partial charge in [0.05, 0.1) is 22.0 Å². The molecule has 0 radical (unpaired) electrons. The van der Waals surface area contributed by atoms with E-state index in [4.69, 9.17) is 4.98 Å². The largest absolute Gasteiger partial charge is 0.341 e. The van der Waals surface area contributed by atoms with E-state index >= 15 is 0 Å². The molecule has 6 rings (SSSR count). The van der Waals surface area contributed by atoms with Crippen LogP contribution >= 0.6 is 23.1 Å². The summed E-state index contributed by atoms with van der Waals surface area (Å²) in [6.07, 6.45) is 5.22. The van der Waals surface area contributed by atoms with Gasteiger partial charge in [-0.25, -0.2) is 14.4 Å². The van der Waals surface area contributed by atoms with E-state index in [-0.39, 0.29) is 11.1 Å². The molecule has 2 fully saturated rings. The second-order valence-corrected chi connectivity index (χ2v) is 11.4. The second-order valence-electron chi connectivity index (χ2n) is 9.50. The molecule has 11 heteroatoms. The molecule has 39 heavy (non-hydrogen) atoms. The maximum absolute atomic E-state index is 14.5. The van der Waals surface area contributed by atoms with Gasteiger partial charge in [0.1, 0.15) is 5.82 Å². The van der Waals surface area contributed by atoms with Crippen molar-refractivity contribution < 1.29 is 14.0 Å². The Morgan fingerprint density at radius 1 is 1.13 bits per heavy atom. The van der Waals surface area contributed by atoms with Gasteiger partial charge in [-0.3, -0.25) is 19.9 Å². The zero-order valence-electron chi connectivity index (χ0n) is 20.9. The van der Waals surface area contributed by atoms with E-state index < -0.39 is 5.91 Å². The molecule has 0 atom stereocenters. The lowest BCUT2D eigenvalue weighted by molar-refractivity contribution is -0.115. The Morgan fingerprint density at radius 2 is 1.97 bits per heavy atom. The Hall–Kier alpha value is -3.67. The van der Waals surface area contributed by atoms with Crippen LogP contribution in [0.2, 0.25) is 0 Å². The fourth-order valence-electron chi connectivity index (χ4n) is 4.85.